The molecule has 0 fully saturated rings. The quantitative estimate of drug-likeness (QED) is 0.251. The molecular formula is C28H31N5O5. The highest BCUT2D eigenvalue weighted by Crippen LogP contribution is 2.21. The van der Waals surface area contributed by atoms with Crippen molar-refractivity contribution < 1.29 is 19.1 Å². The maximum absolute atomic E-state index is 12.6. The molecule has 0 spiro atoms. The summed E-state index contributed by atoms with van der Waals surface area (Å²) in [6.45, 7) is 1.49. The molecule has 0 unspecified atom stereocenters. The van der Waals surface area contributed by atoms with Crippen molar-refractivity contribution in [2.45, 2.75) is 19.4 Å². The van der Waals surface area contributed by atoms with Crippen molar-refractivity contribution in [3.63, 3.8) is 0 Å². The Hall–Kier alpha value is -4.44. The maximum Gasteiger partial charge on any atom is 0.411 e. The zero-order valence-corrected chi connectivity index (χ0v) is 21.7. The number of unbranched alkanes of at least 4 members (excludes halogenated alkanes) is 1. The van der Waals surface area contributed by atoms with Gasteiger partial charge < -0.3 is 14.4 Å². The van der Waals surface area contributed by atoms with Gasteiger partial charge in [-0.1, -0.05) is 18.2 Å². The first-order valence-corrected chi connectivity index (χ1v) is 12.3. The standard InChI is InChI=1S/C28H31N5O5/c1-31(2)14-4-5-16-38-28(36)29-23-8-6-7-20(17-23)19-33-26(34)12-11-25(30-33)32-15-13-21-9-10-22(18-24(21)32)27(35)37-3/h6-13,15,17-18H,4-5,14,16,19H2,1-3H3,(H,29,36). The van der Waals surface area contributed by atoms with Crippen LogP contribution in [-0.2, 0) is 16.0 Å². The summed E-state index contributed by atoms with van der Waals surface area (Å²) in [7, 11) is 5.35. The zero-order chi connectivity index (χ0) is 27.1. The number of hydrogen-bond acceptors (Lipinski definition) is 7. The lowest BCUT2D eigenvalue weighted by atomic mass is 10.1. The second kappa shape index (κ2) is 12.2. The molecule has 10 heteroatoms. The molecule has 0 bridgehead atoms. The van der Waals surface area contributed by atoms with E-state index < -0.39 is 12.1 Å². The lowest BCUT2D eigenvalue weighted by Gasteiger charge is -2.11. The van der Waals surface area contributed by atoms with Crippen LogP contribution in [0.3, 0.4) is 0 Å². The summed E-state index contributed by atoms with van der Waals surface area (Å²) >= 11 is 0. The first kappa shape index (κ1) is 26.6. The fourth-order valence-electron chi connectivity index (χ4n) is 4.02. The topological polar surface area (TPSA) is 108 Å². The van der Waals surface area contributed by atoms with E-state index in [4.69, 9.17) is 9.47 Å². The summed E-state index contributed by atoms with van der Waals surface area (Å²) in [5.41, 5.74) is 2.26. The number of carbonyl (C=O) groups is 2. The molecular weight excluding hydrogens is 486 g/mol. The molecule has 4 rings (SSSR count). The van der Waals surface area contributed by atoms with Crippen LogP contribution in [0.5, 0.6) is 0 Å². The molecule has 0 saturated heterocycles. The number of methoxy groups -OCH3 is 1. The van der Waals surface area contributed by atoms with Gasteiger partial charge in [-0.2, -0.15) is 5.10 Å². The number of nitrogens with zero attached hydrogens (tertiary/aromatic N) is 4. The number of esters is 1. The predicted octanol–water partition coefficient (Wildman–Crippen LogP) is 3.91. The van der Waals surface area contributed by atoms with E-state index in [1.165, 1.54) is 17.9 Å². The van der Waals surface area contributed by atoms with Gasteiger partial charge in [-0.05, 0) is 75.4 Å². The Morgan fingerprint density at radius 3 is 2.66 bits per heavy atom. The SMILES string of the molecule is COC(=O)c1ccc2ccn(-c3ccc(=O)n(Cc4cccc(NC(=O)OCCCCN(C)C)c4)n3)c2c1. The van der Waals surface area contributed by atoms with Crippen LogP contribution in [0.4, 0.5) is 10.5 Å². The molecule has 0 aliphatic carbocycles. The molecule has 1 amide bonds. The van der Waals surface area contributed by atoms with Crippen LogP contribution in [0.15, 0.2) is 71.7 Å². The summed E-state index contributed by atoms with van der Waals surface area (Å²) in [5, 5.41) is 8.20. The van der Waals surface area contributed by atoms with Crippen molar-refractivity contribution in [3.05, 3.63) is 88.3 Å². The van der Waals surface area contributed by atoms with Crippen molar-refractivity contribution in [1.29, 1.82) is 0 Å². The summed E-state index contributed by atoms with van der Waals surface area (Å²) in [6, 6.07) is 17.5. The molecule has 4 aromatic rings. The molecule has 0 aliphatic rings. The van der Waals surface area contributed by atoms with Gasteiger partial charge in [-0.25, -0.2) is 14.3 Å². The lowest BCUT2D eigenvalue weighted by molar-refractivity contribution is 0.0601. The average molecular weight is 518 g/mol. The van der Waals surface area contributed by atoms with Gasteiger partial charge in [0.25, 0.3) is 5.56 Å². The Morgan fingerprint density at radius 2 is 1.87 bits per heavy atom. The third-order valence-corrected chi connectivity index (χ3v) is 5.95. The highest BCUT2D eigenvalue weighted by atomic mass is 16.5. The van der Waals surface area contributed by atoms with Gasteiger partial charge in [0.05, 0.1) is 31.3 Å². The van der Waals surface area contributed by atoms with E-state index in [1.54, 1.807) is 36.4 Å². The average Bonchev–Trinajstić information content (AvgIpc) is 3.32. The first-order valence-electron chi connectivity index (χ1n) is 12.3. The van der Waals surface area contributed by atoms with Gasteiger partial charge in [-0.3, -0.25) is 14.7 Å². The van der Waals surface area contributed by atoms with Gasteiger partial charge in [0.2, 0.25) is 0 Å². The minimum Gasteiger partial charge on any atom is -0.465 e. The zero-order valence-electron chi connectivity index (χ0n) is 21.7. The highest BCUT2D eigenvalue weighted by Gasteiger charge is 2.12. The minimum atomic E-state index is -0.518. The van der Waals surface area contributed by atoms with Crippen LogP contribution in [0.2, 0.25) is 0 Å². The molecule has 0 radical (unpaired) electrons. The minimum absolute atomic E-state index is 0.203. The van der Waals surface area contributed by atoms with E-state index in [-0.39, 0.29) is 12.1 Å². The van der Waals surface area contributed by atoms with Crippen molar-refractivity contribution in [2.24, 2.45) is 0 Å². The summed E-state index contributed by atoms with van der Waals surface area (Å²) in [4.78, 5) is 38.8. The van der Waals surface area contributed by atoms with Crippen LogP contribution in [-0.4, -0.2) is 65.7 Å². The van der Waals surface area contributed by atoms with E-state index >= 15 is 0 Å². The number of hydrogen-bond donors (Lipinski definition) is 1. The van der Waals surface area contributed by atoms with Gasteiger partial charge in [-0.15, -0.1) is 0 Å². The van der Waals surface area contributed by atoms with E-state index in [0.29, 0.717) is 23.7 Å². The number of carbonyl (C=O) groups excluding carboxylic acids is 2. The number of anilines is 1. The monoisotopic (exact) mass is 517 g/mol. The number of ether oxygens (including phenoxy) is 2. The number of amides is 1. The smallest absolute Gasteiger partial charge is 0.411 e. The Labute approximate surface area is 220 Å². The number of benzene rings is 2. The molecule has 2 aromatic carbocycles. The van der Waals surface area contributed by atoms with Crippen LogP contribution >= 0.6 is 0 Å². The predicted molar refractivity (Wildman–Crippen MR) is 145 cm³/mol. The third-order valence-electron chi connectivity index (χ3n) is 5.95. The van der Waals surface area contributed by atoms with Crippen LogP contribution in [0.1, 0.15) is 28.8 Å². The Morgan fingerprint density at radius 1 is 1.03 bits per heavy atom. The highest BCUT2D eigenvalue weighted by molar-refractivity contribution is 5.95. The van der Waals surface area contributed by atoms with E-state index in [9.17, 15) is 14.4 Å². The van der Waals surface area contributed by atoms with Crippen molar-refractivity contribution in [2.75, 3.05) is 39.7 Å². The van der Waals surface area contributed by atoms with Gasteiger partial charge in [0.15, 0.2) is 5.82 Å². The Bertz CT molecular complexity index is 1490. The van der Waals surface area contributed by atoms with Crippen LogP contribution in [0, 0.1) is 0 Å². The maximum atomic E-state index is 12.6. The van der Waals surface area contributed by atoms with Crippen LogP contribution < -0.4 is 10.9 Å². The molecule has 1 N–H and O–H groups in total. The van der Waals surface area contributed by atoms with E-state index in [0.717, 1.165) is 35.9 Å². The van der Waals surface area contributed by atoms with Crippen molar-refractivity contribution in [3.8, 4) is 5.82 Å². The molecule has 2 heterocycles. The van der Waals surface area contributed by atoms with Crippen molar-refractivity contribution in [1.82, 2.24) is 19.2 Å². The molecule has 0 atom stereocenters. The fourth-order valence-corrected chi connectivity index (χ4v) is 4.02. The van der Waals surface area contributed by atoms with E-state index in [1.807, 2.05) is 43.1 Å². The van der Waals surface area contributed by atoms with Crippen molar-refractivity contribution >= 4 is 28.7 Å². The van der Waals surface area contributed by atoms with Gasteiger partial charge in [0, 0.05) is 23.3 Å². The Kier molecular flexibility index (Phi) is 8.55. The second-order valence-electron chi connectivity index (χ2n) is 9.11. The van der Waals surface area contributed by atoms with Gasteiger partial charge >= 0.3 is 12.1 Å². The normalized spacial score (nSPS) is 11.1. The molecule has 2 aromatic heterocycles. The molecule has 198 valence electrons. The molecule has 38 heavy (non-hydrogen) atoms. The van der Waals surface area contributed by atoms with E-state index in [2.05, 4.69) is 15.3 Å². The fraction of sp³-hybridized carbons (Fsp3) is 0.286. The number of fused-ring (bicyclic) bond motifs is 1. The Balaban J connectivity index is 1.47. The molecule has 0 aliphatic heterocycles. The summed E-state index contributed by atoms with van der Waals surface area (Å²) in [5.74, 6) is 0.0908. The second-order valence-corrected chi connectivity index (χ2v) is 9.11. The third kappa shape index (κ3) is 6.65. The number of rotatable bonds is 10. The first-order chi connectivity index (χ1) is 18.3. The molecule has 10 nitrogen and oxygen atoms in total. The number of aromatic nitrogens is 3. The lowest BCUT2D eigenvalue weighted by Crippen LogP contribution is -2.24. The van der Waals surface area contributed by atoms with Crippen LogP contribution in [0.25, 0.3) is 16.7 Å². The molecule has 0 saturated carbocycles. The van der Waals surface area contributed by atoms with Gasteiger partial charge in [0.1, 0.15) is 0 Å². The summed E-state index contributed by atoms with van der Waals surface area (Å²) in [6.07, 6.45) is 3.05. The number of nitrogens with one attached hydrogen (secondary N) is 1. The largest absolute Gasteiger partial charge is 0.465 e. The summed E-state index contributed by atoms with van der Waals surface area (Å²) < 4.78 is 13.3.